The van der Waals surface area contributed by atoms with Crippen molar-refractivity contribution in [3.63, 3.8) is 0 Å². The van der Waals surface area contributed by atoms with Crippen molar-refractivity contribution in [3.05, 3.63) is 29.7 Å². The zero-order valence-electron chi connectivity index (χ0n) is 12.5. The highest BCUT2D eigenvalue weighted by atomic mass is 16.3. The minimum absolute atomic E-state index is 0.712. The van der Waals surface area contributed by atoms with E-state index in [1.807, 2.05) is 6.07 Å². The summed E-state index contributed by atoms with van der Waals surface area (Å²) < 4.78 is 5.31. The third kappa shape index (κ3) is 3.59. The predicted molar refractivity (Wildman–Crippen MR) is 79.2 cm³/mol. The molecule has 0 saturated heterocycles. The van der Waals surface area contributed by atoms with Crippen LogP contribution in [0.4, 0.5) is 0 Å². The number of oxazole rings is 1. The molecule has 0 aliphatic rings. The van der Waals surface area contributed by atoms with Crippen molar-refractivity contribution in [2.45, 2.75) is 53.4 Å². The van der Waals surface area contributed by atoms with E-state index in [-0.39, 0.29) is 0 Å². The second-order valence-corrected chi connectivity index (χ2v) is 6.22. The number of aryl methyl sites for hydroxylation is 2. The van der Waals surface area contributed by atoms with Gasteiger partial charge in [0.25, 0.3) is 6.39 Å². The van der Waals surface area contributed by atoms with Crippen molar-refractivity contribution in [1.82, 2.24) is 4.98 Å². The molecule has 1 aromatic heterocycles. The van der Waals surface area contributed by atoms with Gasteiger partial charge in [0.1, 0.15) is 5.52 Å². The van der Waals surface area contributed by atoms with Crippen molar-refractivity contribution in [3.8, 4) is 0 Å². The topological polar surface area (TPSA) is 26.0 Å². The second-order valence-electron chi connectivity index (χ2n) is 6.22. The Morgan fingerprint density at radius 2 is 1.74 bits per heavy atom. The molecule has 0 spiro atoms. The quantitative estimate of drug-likeness (QED) is 0.743. The van der Waals surface area contributed by atoms with Crippen molar-refractivity contribution in [2.24, 2.45) is 11.8 Å². The molecule has 1 heterocycles. The number of fused-ring (bicyclic) bond motifs is 1. The largest absolute Gasteiger partial charge is 0.432 e. The summed E-state index contributed by atoms with van der Waals surface area (Å²) in [7, 11) is 0. The molecular formula is C17H24NO. The minimum Gasteiger partial charge on any atom is -0.432 e. The number of benzene rings is 1. The monoisotopic (exact) mass is 258 g/mol. The summed E-state index contributed by atoms with van der Waals surface area (Å²) in [6.07, 6.45) is 7.27. The maximum absolute atomic E-state index is 5.31. The smallest absolute Gasteiger partial charge is 0.284 e. The molecule has 2 aromatic rings. The van der Waals surface area contributed by atoms with Crippen molar-refractivity contribution >= 4 is 11.1 Å². The van der Waals surface area contributed by atoms with E-state index in [2.05, 4.69) is 45.1 Å². The van der Waals surface area contributed by atoms with E-state index in [1.165, 1.54) is 24.0 Å². The van der Waals surface area contributed by atoms with E-state index in [1.54, 1.807) is 0 Å². The molecule has 2 heteroatoms. The number of hydrogen-bond donors (Lipinski definition) is 0. The molecule has 0 aliphatic heterocycles. The van der Waals surface area contributed by atoms with Gasteiger partial charge in [0.2, 0.25) is 0 Å². The second kappa shape index (κ2) is 6.23. The van der Waals surface area contributed by atoms with Gasteiger partial charge >= 0.3 is 0 Å². The third-order valence-corrected chi connectivity index (χ3v) is 3.62. The molecule has 0 N–H and O–H groups in total. The first-order chi connectivity index (χ1) is 9.08. The molecule has 1 radical (unpaired) electrons. The molecular weight excluding hydrogens is 234 g/mol. The fourth-order valence-corrected chi connectivity index (χ4v) is 2.37. The van der Waals surface area contributed by atoms with E-state index < -0.39 is 0 Å². The summed E-state index contributed by atoms with van der Waals surface area (Å²) in [5.74, 6) is 1.45. The highest BCUT2D eigenvalue weighted by molar-refractivity contribution is 5.77. The summed E-state index contributed by atoms with van der Waals surface area (Å²) in [6, 6.07) is 4.24. The predicted octanol–water partition coefficient (Wildman–Crippen LogP) is 4.81. The number of hydrogen-bond acceptors (Lipinski definition) is 2. The van der Waals surface area contributed by atoms with Crippen LogP contribution in [-0.2, 0) is 12.8 Å². The fourth-order valence-electron chi connectivity index (χ4n) is 2.37. The third-order valence-electron chi connectivity index (χ3n) is 3.62. The zero-order valence-corrected chi connectivity index (χ0v) is 12.5. The van der Waals surface area contributed by atoms with Crippen LogP contribution >= 0.6 is 0 Å². The Morgan fingerprint density at radius 1 is 1.05 bits per heavy atom. The van der Waals surface area contributed by atoms with Gasteiger partial charge in [-0.2, -0.15) is 0 Å². The first-order valence-corrected chi connectivity index (χ1v) is 7.35. The van der Waals surface area contributed by atoms with E-state index in [4.69, 9.17) is 4.42 Å². The van der Waals surface area contributed by atoms with Crippen LogP contribution in [0.1, 0.15) is 51.7 Å². The lowest BCUT2D eigenvalue weighted by Gasteiger charge is -2.12. The molecule has 0 saturated carbocycles. The molecule has 0 fully saturated rings. The lowest BCUT2D eigenvalue weighted by Crippen LogP contribution is -2.01. The van der Waals surface area contributed by atoms with Crippen LogP contribution in [0.2, 0.25) is 0 Å². The Labute approximate surface area is 116 Å². The average molecular weight is 258 g/mol. The summed E-state index contributed by atoms with van der Waals surface area (Å²) in [5, 5.41) is 0. The summed E-state index contributed by atoms with van der Waals surface area (Å²) >= 11 is 0. The van der Waals surface area contributed by atoms with Gasteiger partial charge in [-0.1, -0.05) is 33.8 Å². The van der Waals surface area contributed by atoms with Crippen LogP contribution in [0.15, 0.2) is 16.5 Å². The number of aromatic nitrogens is 1. The highest BCUT2D eigenvalue weighted by Gasteiger charge is 2.12. The van der Waals surface area contributed by atoms with Gasteiger partial charge in [-0.15, -0.1) is 0 Å². The van der Waals surface area contributed by atoms with Crippen LogP contribution in [0, 0.1) is 18.2 Å². The molecule has 0 unspecified atom stereocenters. The van der Waals surface area contributed by atoms with E-state index in [9.17, 15) is 0 Å². The first kappa shape index (κ1) is 14.1. The molecule has 103 valence electrons. The fraction of sp³-hybridized carbons (Fsp3) is 0.588. The van der Waals surface area contributed by atoms with Crippen LogP contribution in [0.5, 0.6) is 0 Å². The Hall–Kier alpha value is -1.31. The molecule has 0 atom stereocenters. The lowest BCUT2D eigenvalue weighted by atomic mass is 9.93. The summed E-state index contributed by atoms with van der Waals surface area (Å²) in [4.78, 5) is 4.29. The zero-order chi connectivity index (χ0) is 13.8. The summed E-state index contributed by atoms with van der Waals surface area (Å²) in [6.45, 7) is 9.08. The van der Waals surface area contributed by atoms with Gasteiger partial charge in [-0.25, -0.2) is 4.98 Å². The Kier molecular flexibility index (Phi) is 4.62. The molecule has 0 amide bonds. The normalized spacial score (nSPS) is 11.9. The van der Waals surface area contributed by atoms with Gasteiger partial charge in [-0.3, -0.25) is 0 Å². The molecule has 2 nitrogen and oxygen atoms in total. The summed E-state index contributed by atoms with van der Waals surface area (Å²) in [5.41, 5.74) is 4.69. The van der Waals surface area contributed by atoms with E-state index >= 15 is 0 Å². The number of rotatable bonds is 6. The molecule has 2 rings (SSSR count). The minimum atomic E-state index is 0.712. The first-order valence-electron chi connectivity index (χ1n) is 7.35. The highest BCUT2D eigenvalue weighted by Crippen LogP contribution is 2.25. The van der Waals surface area contributed by atoms with Gasteiger partial charge in [0, 0.05) is 0 Å². The van der Waals surface area contributed by atoms with Crippen molar-refractivity contribution in [2.75, 3.05) is 0 Å². The Bertz CT molecular complexity index is 525. The molecule has 1 aromatic carbocycles. The van der Waals surface area contributed by atoms with E-state index in [0.717, 1.165) is 29.9 Å². The molecule has 0 aliphatic carbocycles. The van der Waals surface area contributed by atoms with Crippen LogP contribution in [-0.4, -0.2) is 4.98 Å². The van der Waals surface area contributed by atoms with Crippen molar-refractivity contribution in [1.29, 1.82) is 0 Å². The van der Waals surface area contributed by atoms with E-state index in [0.29, 0.717) is 5.92 Å². The average Bonchev–Trinajstić information content (AvgIpc) is 2.81. The van der Waals surface area contributed by atoms with Crippen LogP contribution < -0.4 is 0 Å². The van der Waals surface area contributed by atoms with Crippen molar-refractivity contribution < 1.29 is 4.42 Å². The molecule has 0 bridgehead atoms. The standard InChI is InChI=1S/C17H24NO/c1-12(2)5-7-14-8-10-16-17(18-11-19-16)15(14)9-6-13(3)4/h8,10,12-13H,5-7,9H2,1-4H3. The molecule has 19 heavy (non-hydrogen) atoms. The maximum Gasteiger partial charge on any atom is 0.284 e. The lowest BCUT2D eigenvalue weighted by molar-refractivity contribution is 0.571. The number of nitrogens with zero attached hydrogens (tertiary/aromatic N) is 1. The van der Waals surface area contributed by atoms with Gasteiger partial charge in [0.15, 0.2) is 5.58 Å². The van der Waals surface area contributed by atoms with Gasteiger partial charge in [-0.05, 0) is 54.7 Å². The van der Waals surface area contributed by atoms with Crippen LogP contribution in [0.25, 0.3) is 11.1 Å². The van der Waals surface area contributed by atoms with Gasteiger partial charge < -0.3 is 4.42 Å². The Balaban J connectivity index is 2.29. The SMILES string of the molecule is CC(C)CCc1ccc2o[c]nc2c1CCC(C)C. The van der Waals surface area contributed by atoms with Crippen LogP contribution in [0.3, 0.4) is 0 Å². The maximum atomic E-state index is 5.31. The Morgan fingerprint density at radius 3 is 2.42 bits per heavy atom. The van der Waals surface area contributed by atoms with Gasteiger partial charge in [0.05, 0.1) is 0 Å².